The second kappa shape index (κ2) is 7.46. The molecule has 0 aromatic heterocycles. The quantitative estimate of drug-likeness (QED) is 0.699. The molecular weight excluding hydrogens is 382 g/mol. The molecule has 2 aliphatic rings. The van der Waals surface area contributed by atoms with E-state index in [1.165, 1.54) is 5.56 Å². The Hall–Kier alpha value is -2.39. The fourth-order valence-corrected chi connectivity index (χ4v) is 4.56. The van der Waals surface area contributed by atoms with Gasteiger partial charge in [-0.15, -0.1) is 0 Å². The van der Waals surface area contributed by atoms with Crippen LogP contribution in [0.2, 0.25) is 5.02 Å². The molecule has 0 saturated heterocycles. The van der Waals surface area contributed by atoms with Gasteiger partial charge in [0.1, 0.15) is 0 Å². The molecule has 1 aliphatic heterocycles. The van der Waals surface area contributed by atoms with Crippen LogP contribution in [0, 0.1) is 0 Å². The van der Waals surface area contributed by atoms with Crippen LogP contribution in [0.25, 0.3) is 0 Å². The van der Waals surface area contributed by atoms with Gasteiger partial charge in [0.2, 0.25) is 5.91 Å². The summed E-state index contributed by atoms with van der Waals surface area (Å²) < 4.78 is 0. The van der Waals surface area contributed by atoms with E-state index in [1.807, 2.05) is 24.3 Å². The normalized spacial score (nSPS) is 22.3. The smallest absolute Gasteiger partial charge is 0.225 e. The highest BCUT2D eigenvalue weighted by Gasteiger charge is 2.38. The molecule has 4 heteroatoms. The van der Waals surface area contributed by atoms with Crippen molar-refractivity contribution < 1.29 is 9.59 Å². The number of hydrogen-bond acceptors (Lipinski definition) is 2. The fourth-order valence-electron chi connectivity index (χ4n) is 4.43. The van der Waals surface area contributed by atoms with E-state index in [0.29, 0.717) is 24.3 Å². The number of halogens is 1. The monoisotopic (exact) mass is 407 g/mol. The molecule has 3 nitrogen and oxygen atoms in total. The summed E-state index contributed by atoms with van der Waals surface area (Å²) in [6.45, 7) is 6.58. The number of ketones is 1. The maximum absolute atomic E-state index is 13.2. The standard InChI is InChI=1S/C25H26ClNO2/c1-25(2,3)18-8-4-15(5-9-18)17-12-21-24(22(28)13-17)20(14-23(29)27-21)16-6-10-19(26)11-7-16/h4-11,17,20H,12-14H2,1-3H3,(H,27,29). The molecule has 29 heavy (non-hydrogen) atoms. The van der Waals surface area contributed by atoms with Crippen LogP contribution < -0.4 is 5.32 Å². The topological polar surface area (TPSA) is 46.2 Å². The largest absolute Gasteiger partial charge is 0.329 e. The maximum atomic E-state index is 13.2. The number of hydrogen-bond donors (Lipinski definition) is 1. The molecule has 0 spiro atoms. The Morgan fingerprint density at radius 3 is 2.10 bits per heavy atom. The maximum Gasteiger partial charge on any atom is 0.225 e. The third-order valence-corrected chi connectivity index (χ3v) is 6.31. The van der Waals surface area contributed by atoms with E-state index >= 15 is 0 Å². The van der Waals surface area contributed by atoms with Gasteiger partial charge >= 0.3 is 0 Å². The van der Waals surface area contributed by atoms with Gasteiger partial charge in [-0.25, -0.2) is 0 Å². The zero-order valence-corrected chi connectivity index (χ0v) is 17.8. The number of benzene rings is 2. The molecule has 1 N–H and O–H groups in total. The highest BCUT2D eigenvalue weighted by Crippen LogP contribution is 2.42. The van der Waals surface area contributed by atoms with E-state index < -0.39 is 0 Å². The lowest BCUT2D eigenvalue weighted by atomic mass is 9.73. The van der Waals surface area contributed by atoms with Gasteiger partial charge in [0, 0.05) is 35.1 Å². The summed E-state index contributed by atoms with van der Waals surface area (Å²) in [7, 11) is 0. The molecule has 2 aromatic rings. The van der Waals surface area contributed by atoms with Gasteiger partial charge in [0.15, 0.2) is 5.78 Å². The number of carbonyl (C=O) groups is 2. The molecule has 0 fully saturated rings. The first kappa shape index (κ1) is 19.9. The average molecular weight is 408 g/mol. The summed E-state index contributed by atoms with van der Waals surface area (Å²) in [5.41, 5.74) is 5.06. The second-order valence-electron chi connectivity index (χ2n) is 9.15. The van der Waals surface area contributed by atoms with Crippen molar-refractivity contribution in [1.29, 1.82) is 0 Å². The lowest BCUT2D eigenvalue weighted by Gasteiger charge is -2.34. The van der Waals surface area contributed by atoms with Gasteiger partial charge in [-0.1, -0.05) is 68.8 Å². The van der Waals surface area contributed by atoms with Gasteiger partial charge in [-0.05, 0) is 46.6 Å². The molecule has 0 radical (unpaired) electrons. The van der Waals surface area contributed by atoms with Crippen LogP contribution in [0.4, 0.5) is 0 Å². The van der Waals surface area contributed by atoms with Crippen molar-refractivity contribution in [2.45, 2.75) is 57.3 Å². The molecule has 0 saturated carbocycles. The summed E-state index contributed by atoms with van der Waals surface area (Å²) in [5, 5.41) is 3.64. The van der Waals surface area contributed by atoms with Crippen LogP contribution in [0.15, 0.2) is 59.8 Å². The molecule has 4 rings (SSSR count). The number of nitrogens with one attached hydrogen (secondary N) is 1. The molecule has 2 aromatic carbocycles. The van der Waals surface area contributed by atoms with Crippen molar-refractivity contribution >= 4 is 23.3 Å². The number of Topliss-reactive ketones (excluding diaryl/α,β-unsaturated/α-hetero) is 1. The Balaban J connectivity index is 1.65. The molecule has 0 bridgehead atoms. The fraction of sp³-hybridized carbons (Fsp3) is 0.360. The first-order chi connectivity index (χ1) is 13.7. The van der Waals surface area contributed by atoms with Gasteiger partial charge < -0.3 is 5.32 Å². The van der Waals surface area contributed by atoms with E-state index in [1.54, 1.807) is 0 Å². The number of rotatable bonds is 2. The highest BCUT2D eigenvalue weighted by molar-refractivity contribution is 6.30. The zero-order chi connectivity index (χ0) is 20.8. The zero-order valence-electron chi connectivity index (χ0n) is 17.1. The minimum Gasteiger partial charge on any atom is -0.329 e. The number of amides is 1. The lowest BCUT2D eigenvalue weighted by Crippen LogP contribution is -2.38. The highest BCUT2D eigenvalue weighted by atomic mass is 35.5. The second-order valence-corrected chi connectivity index (χ2v) is 9.59. The predicted molar refractivity (Wildman–Crippen MR) is 116 cm³/mol. The average Bonchev–Trinajstić information content (AvgIpc) is 2.67. The summed E-state index contributed by atoms with van der Waals surface area (Å²) in [5.74, 6) is 0.0172. The van der Waals surface area contributed by atoms with Crippen molar-refractivity contribution in [3.63, 3.8) is 0 Å². The summed E-state index contributed by atoms with van der Waals surface area (Å²) >= 11 is 6.01. The molecule has 2 unspecified atom stereocenters. The van der Waals surface area contributed by atoms with Crippen molar-refractivity contribution in [2.24, 2.45) is 0 Å². The van der Waals surface area contributed by atoms with E-state index in [9.17, 15) is 9.59 Å². The minimum atomic E-state index is -0.187. The lowest BCUT2D eigenvalue weighted by molar-refractivity contribution is -0.122. The Morgan fingerprint density at radius 1 is 0.862 bits per heavy atom. The summed E-state index contributed by atoms with van der Waals surface area (Å²) in [6.07, 6.45) is 1.47. The van der Waals surface area contributed by atoms with Crippen molar-refractivity contribution in [3.05, 3.63) is 81.5 Å². The Bertz CT molecular complexity index is 981. The van der Waals surface area contributed by atoms with E-state index in [-0.39, 0.29) is 28.9 Å². The first-order valence-corrected chi connectivity index (χ1v) is 10.5. The molecule has 1 aliphatic carbocycles. The molecule has 1 amide bonds. The third-order valence-electron chi connectivity index (χ3n) is 6.06. The summed E-state index contributed by atoms with van der Waals surface area (Å²) in [6, 6.07) is 16.0. The van der Waals surface area contributed by atoms with Crippen LogP contribution in [-0.4, -0.2) is 11.7 Å². The number of carbonyl (C=O) groups excluding carboxylic acids is 2. The molecular formula is C25H26ClNO2. The molecule has 1 heterocycles. The van der Waals surface area contributed by atoms with Crippen LogP contribution in [0.5, 0.6) is 0 Å². The van der Waals surface area contributed by atoms with Crippen LogP contribution in [0.3, 0.4) is 0 Å². The van der Waals surface area contributed by atoms with E-state index in [2.05, 4.69) is 50.4 Å². The van der Waals surface area contributed by atoms with E-state index in [4.69, 9.17) is 11.6 Å². The predicted octanol–water partition coefficient (Wildman–Crippen LogP) is 5.64. The van der Waals surface area contributed by atoms with E-state index in [0.717, 1.165) is 22.4 Å². The number of allylic oxidation sites excluding steroid dienone is 2. The summed E-state index contributed by atoms with van der Waals surface area (Å²) in [4.78, 5) is 25.6. The Kier molecular flexibility index (Phi) is 5.12. The third kappa shape index (κ3) is 4.02. The van der Waals surface area contributed by atoms with Gasteiger partial charge in [0.25, 0.3) is 0 Å². The van der Waals surface area contributed by atoms with Gasteiger partial charge in [-0.3, -0.25) is 9.59 Å². The first-order valence-electron chi connectivity index (χ1n) is 10.1. The van der Waals surface area contributed by atoms with Gasteiger partial charge in [0.05, 0.1) is 0 Å². The van der Waals surface area contributed by atoms with Gasteiger partial charge in [-0.2, -0.15) is 0 Å². The molecule has 2 atom stereocenters. The van der Waals surface area contributed by atoms with Crippen molar-refractivity contribution in [1.82, 2.24) is 5.32 Å². The minimum absolute atomic E-state index is 0.0276. The van der Waals surface area contributed by atoms with Crippen molar-refractivity contribution in [3.8, 4) is 0 Å². The van der Waals surface area contributed by atoms with Crippen LogP contribution >= 0.6 is 11.6 Å². The molecule has 150 valence electrons. The van der Waals surface area contributed by atoms with Crippen LogP contribution in [-0.2, 0) is 15.0 Å². The SMILES string of the molecule is CC(C)(C)c1ccc(C2CC(=O)C3=C(C2)NC(=O)CC3c2ccc(Cl)cc2)cc1. The Labute approximate surface area is 177 Å². The van der Waals surface area contributed by atoms with Crippen LogP contribution in [0.1, 0.15) is 68.6 Å². The van der Waals surface area contributed by atoms with Crippen molar-refractivity contribution in [2.75, 3.05) is 0 Å². The Morgan fingerprint density at radius 2 is 1.48 bits per heavy atom.